The van der Waals surface area contributed by atoms with Gasteiger partial charge in [-0.05, 0) is 40.9 Å². The zero-order valence-electron chi connectivity index (χ0n) is 14.2. The standard InChI is InChI=1S/C20H22N2O2S/c23-20(12-16-6-11-25-15-16)22-8-3-7-21(9-10-22)14-18-13-17-4-1-2-5-19(17)24-18/h1-2,4-6,11,13,15H,3,7-10,12,14H2. The Kier molecular flexibility index (Phi) is 4.85. The molecule has 0 bridgehead atoms. The predicted molar refractivity (Wildman–Crippen MR) is 101 cm³/mol. The SMILES string of the molecule is O=C(Cc1ccsc1)N1CCCN(Cc2cc3ccccc3o2)CC1. The minimum absolute atomic E-state index is 0.240. The van der Waals surface area contributed by atoms with E-state index in [2.05, 4.69) is 22.4 Å². The predicted octanol–water partition coefficient (Wildman–Crippen LogP) is 3.77. The van der Waals surface area contributed by atoms with Gasteiger partial charge >= 0.3 is 0 Å². The quantitative estimate of drug-likeness (QED) is 0.716. The first-order chi connectivity index (χ1) is 12.3. The maximum Gasteiger partial charge on any atom is 0.227 e. The van der Waals surface area contributed by atoms with Crippen LogP contribution in [0.1, 0.15) is 17.7 Å². The van der Waals surface area contributed by atoms with E-state index in [0.717, 1.165) is 61.4 Å². The fourth-order valence-corrected chi connectivity index (χ4v) is 4.06. The molecule has 0 atom stereocenters. The summed E-state index contributed by atoms with van der Waals surface area (Å²) in [4.78, 5) is 16.9. The van der Waals surface area contributed by atoms with Crippen molar-refractivity contribution in [2.75, 3.05) is 26.2 Å². The second-order valence-electron chi connectivity index (χ2n) is 6.57. The monoisotopic (exact) mass is 354 g/mol. The fraction of sp³-hybridized carbons (Fsp3) is 0.350. The van der Waals surface area contributed by atoms with Crippen molar-refractivity contribution in [3.05, 3.63) is 58.5 Å². The number of para-hydroxylation sites is 1. The van der Waals surface area contributed by atoms with Crippen molar-refractivity contribution >= 4 is 28.2 Å². The first-order valence-electron chi connectivity index (χ1n) is 8.76. The highest BCUT2D eigenvalue weighted by molar-refractivity contribution is 7.08. The molecule has 25 heavy (non-hydrogen) atoms. The van der Waals surface area contributed by atoms with Gasteiger partial charge in [-0.15, -0.1) is 0 Å². The number of amides is 1. The molecule has 0 aliphatic carbocycles. The molecule has 1 fully saturated rings. The number of fused-ring (bicyclic) bond motifs is 1. The van der Waals surface area contributed by atoms with Crippen molar-refractivity contribution in [1.82, 2.24) is 9.80 Å². The first kappa shape index (κ1) is 16.4. The van der Waals surface area contributed by atoms with Crippen LogP contribution in [0.3, 0.4) is 0 Å². The normalized spacial score (nSPS) is 16.2. The molecule has 0 saturated carbocycles. The molecular weight excluding hydrogens is 332 g/mol. The van der Waals surface area contributed by atoms with E-state index in [1.165, 1.54) is 0 Å². The number of rotatable bonds is 4. The third-order valence-corrected chi connectivity index (χ3v) is 5.46. The van der Waals surface area contributed by atoms with Crippen LogP contribution in [0.5, 0.6) is 0 Å². The molecular formula is C20H22N2O2S. The van der Waals surface area contributed by atoms with Crippen molar-refractivity contribution in [2.45, 2.75) is 19.4 Å². The van der Waals surface area contributed by atoms with E-state index in [1.54, 1.807) is 11.3 Å². The molecule has 4 nitrogen and oxygen atoms in total. The summed E-state index contributed by atoms with van der Waals surface area (Å²) in [5.41, 5.74) is 2.07. The highest BCUT2D eigenvalue weighted by Gasteiger charge is 2.20. The van der Waals surface area contributed by atoms with Crippen LogP contribution in [0.4, 0.5) is 0 Å². The Bertz CT molecular complexity index is 807. The molecule has 130 valence electrons. The molecule has 0 unspecified atom stereocenters. The third-order valence-electron chi connectivity index (χ3n) is 4.73. The second-order valence-corrected chi connectivity index (χ2v) is 7.35. The molecule has 1 amide bonds. The summed E-state index contributed by atoms with van der Waals surface area (Å²) in [5, 5.41) is 5.24. The molecule has 2 aromatic heterocycles. The van der Waals surface area contributed by atoms with Crippen molar-refractivity contribution in [2.24, 2.45) is 0 Å². The topological polar surface area (TPSA) is 36.7 Å². The van der Waals surface area contributed by atoms with Gasteiger partial charge in [0, 0.05) is 31.6 Å². The lowest BCUT2D eigenvalue weighted by molar-refractivity contribution is -0.130. The van der Waals surface area contributed by atoms with Crippen LogP contribution in [0.2, 0.25) is 0 Å². The Morgan fingerprint density at radius 1 is 1.12 bits per heavy atom. The summed E-state index contributed by atoms with van der Waals surface area (Å²) in [6.45, 7) is 4.34. The summed E-state index contributed by atoms with van der Waals surface area (Å²) >= 11 is 1.65. The number of furan rings is 1. The summed E-state index contributed by atoms with van der Waals surface area (Å²) in [7, 11) is 0. The van der Waals surface area contributed by atoms with E-state index in [-0.39, 0.29) is 5.91 Å². The van der Waals surface area contributed by atoms with Crippen LogP contribution in [0, 0.1) is 0 Å². The van der Waals surface area contributed by atoms with Gasteiger partial charge in [0.05, 0.1) is 13.0 Å². The summed E-state index contributed by atoms with van der Waals surface area (Å²) in [6, 6.07) is 12.3. The van der Waals surface area contributed by atoms with E-state index in [4.69, 9.17) is 4.42 Å². The highest BCUT2D eigenvalue weighted by Crippen LogP contribution is 2.20. The van der Waals surface area contributed by atoms with Crippen LogP contribution in [0.25, 0.3) is 11.0 Å². The lowest BCUT2D eigenvalue weighted by atomic mass is 10.2. The molecule has 1 aliphatic heterocycles. The van der Waals surface area contributed by atoms with Crippen molar-refractivity contribution in [3.8, 4) is 0 Å². The fourth-order valence-electron chi connectivity index (χ4n) is 3.39. The summed E-state index contributed by atoms with van der Waals surface area (Å²) in [5.74, 6) is 1.24. The summed E-state index contributed by atoms with van der Waals surface area (Å²) in [6.07, 6.45) is 1.53. The van der Waals surface area contributed by atoms with Gasteiger partial charge in [0.2, 0.25) is 5.91 Å². The van der Waals surface area contributed by atoms with E-state index in [1.807, 2.05) is 34.5 Å². The van der Waals surface area contributed by atoms with E-state index in [9.17, 15) is 4.79 Å². The second kappa shape index (κ2) is 7.42. The largest absolute Gasteiger partial charge is 0.460 e. The Hall–Kier alpha value is -2.11. The zero-order valence-corrected chi connectivity index (χ0v) is 15.0. The van der Waals surface area contributed by atoms with E-state index < -0.39 is 0 Å². The lowest BCUT2D eigenvalue weighted by Crippen LogP contribution is -2.35. The average Bonchev–Trinajstić information content (AvgIpc) is 3.20. The number of nitrogens with zero attached hydrogens (tertiary/aromatic N) is 2. The molecule has 3 aromatic rings. The smallest absolute Gasteiger partial charge is 0.227 e. The maximum absolute atomic E-state index is 12.5. The van der Waals surface area contributed by atoms with Gasteiger partial charge in [-0.3, -0.25) is 9.69 Å². The minimum atomic E-state index is 0.240. The number of hydrogen-bond acceptors (Lipinski definition) is 4. The van der Waals surface area contributed by atoms with Crippen molar-refractivity contribution in [1.29, 1.82) is 0 Å². The number of carbonyl (C=O) groups excluding carboxylic acids is 1. The van der Waals surface area contributed by atoms with Gasteiger partial charge in [-0.2, -0.15) is 11.3 Å². The number of benzene rings is 1. The van der Waals surface area contributed by atoms with Crippen LogP contribution in [-0.4, -0.2) is 41.9 Å². The lowest BCUT2D eigenvalue weighted by Gasteiger charge is -2.21. The number of hydrogen-bond donors (Lipinski definition) is 0. The van der Waals surface area contributed by atoms with Crippen molar-refractivity contribution < 1.29 is 9.21 Å². The van der Waals surface area contributed by atoms with Gasteiger partial charge in [-0.1, -0.05) is 18.2 Å². The molecule has 1 aromatic carbocycles. The van der Waals surface area contributed by atoms with Gasteiger partial charge in [0.25, 0.3) is 0 Å². The molecule has 1 aliphatic rings. The average molecular weight is 354 g/mol. The van der Waals surface area contributed by atoms with Gasteiger partial charge in [0.1, 0.15) is 11.3 Å². The van der Waals surface area contributed by atoms with Gasteiger partial charge < -0.3 is 9.32 Å². The third kappa shape index (κ3) is 3.94. The molecule has 0 spiro atoms. The van der Waals surface area contributed by atoms with Gasteiger partial charge in [-0.25, -0.2) is 0 Å². The Morgan fingerprint density at radius 3 is 2.88 bits per heavy atom. The number of carbonyl (C=O) groups is 1. The molecule has 0 radical (unpaired) electrons. The summed E-state index contributed by atoms with van der Waals surface area (Å²) < 4.78 is 5.93. The molecule has 5 heteroatoms. The van der Waals surface area contributed by atoms with Crippen molar-refractivity contribution in [3.63, 3.8) is 0 Å². The van der Waals surface area contributed by atoms with Crippen LogP contribution < -0.4 is 0 Å². The first-order valence-corrected chi connectivity index (χ1v) is 9.71. The van der Waals surface area contributed by atoms with Crippen LogP contribution in [0.15, 0.2) is 51.6 Å². The molecule has 3 heterocycles. The van der Waals surface area contributed by atoms with Gasteiger partial charge in [0.15, 0.2) is 0 Å². The van der Waals surface area contributed by atoms with E-state index >= 15 is 0 Å². The Balaban J connectivity index is 1.35. The minimum Gasteiger partial charge on any atom is -0.460 e. The highest BCUT2D eigenvalue weighted by atomic mass is 32.1. The van der Waals surface area contributed by atoms with Crippen LogP contribution >= 0.6 is 11.3 Å². The molecule has 0 N–H and O–H groups in total. The zero-order chi connectivity index (χ0) is 17.1. The number of thiophene rings is 1. The maximum atomic E-state index is 12.5. The Labute approximate surface area is 151 Å². The Morgan fingerprint density at radius 2 is 2.04 bits per heavy atom. The van der Waals surface area contributed by atoms with Crippen LogP contribution in [-0.2, 0) is 17.8 Å². The molecule has 1 saturated heterocycles. The molecule has 4 rings (SSSR count). The van der Waals surface area contributed by atoms with E-state index in [0.29, 0.717) is 6.42 Å².